The van der Waals surface area contributed by atoms with E-state index >= 15 is 0 Å². The van der Waals surface area contributed by atoms with Gasteiger partial charge in [-0.05, 0) is 30.3 Å². The Bertz CT molecular complexity index is 1090. The summed E-state index contributed by atoms with van der Waals surface area (Å²) in [4.78, 5) is 15.6. The molecule has 11 nitrogen and oxygen atoms in total. The van der Waals surface area contributed by atoms with Crippen molar-refractivity contribution in [1.29, 1.82) is 5.41 Å². The molecule has 0 bridgehead atoms. The van der Waals surface area contributed by atoms with E-state index in [-0.39, 0.29) is 33.9 Å². The molecule has 12 heteroatoms. The third-order valence-electron chi connectivity index (χ3n) is 3.53. The fourth-order valence-electron chi connectivity index (χ4n) is 2.20. The Balaban J connectivity index is 1.82. The number of nitrogens with zero attached hydrogens (tertiary/aromatic N) is 4. The van der Waals surface area contributed by atoms with Crippen LogP contribution in [0, 0.1) is 5.41 Å². The minimum Gasteiger partial charge on any atom is -0.481 e. The number of methoxy groups -OCH3 is 1. The molecule has 144 valence electrons. The quantitative estimate of drug-likeness (QED) is 0.352. The first-order chi connectivity index (χ1) is 13.4. The van der Waals surface area contributed by atoms with E-state index in [0.717, 1.165) is 0 Å². The highest BCUT2D eigenvalue weighted by molar-refractivity contribution is 7.92. The summed E-state index contributed by atoms with van der Waals surface area (Å²) in [5.74, 6) is 0.108. The van der Waals surface area contributed by atoms with Gasteiger partial charge in [0.2, 0.25) is 11.8 Å². The SMILES string of the molecule is COC(=N)c1c(N)ncnc1Nc1ccc(S(=O)(=O)Nc2ncccn2)cc1. The number of sulfonamides is 1. The molecule has 28 heavy (non-hydrogen) atoms. The molecule has 0 saturated carbocycles. The smallest absolute Gasteiger partial charge is 0.264 e. The molecular weight excluding hydrogens is 384 g/mol. The number of aromatic nitrogens is 4. The minimum atomic E-state index is -3.84. The van der Waals surface area contributed by atoms with Gasteiger partial charge in [-0.2, -0.15) is 0 Å². The lowest BCUT2D eigenvalue weighted by molar-refractivity contribution is 0.401. The maximum Gasteiger partial charge on any atom is 0.264 e. The van der Waals surface area contributed by atoms with Crippen molar-refractivity contribution in [3.8, 4) is 0 Å². The molecule has 0 fully saturated rings. The van der Waals surface area contributed by atoms with Gasteiger partial charge in [0.05, 0.1) is 12.0 Å². The van der Waals surface area contributed by atoms with Crippen molar-refractivity contribution < 1.29 is 13.2 Å². The Morgan fingerprint density at radius 2 is 1.79 bits per heavy atom. The van der Waals surface area contributed by atoms with Gasteiger partial charge in [-0.1, -0.05) is 0 Å². The molecule has 2 aromatic heterocycles. The van der Waals surface area contributed by atoms with E-state index in [9.17, 15) is 8.42 Å². The molecule has 0 spiro atoms. The van der Waals surface area contributed by atoms with Crippen LogP contribution in [0.4, 0.5) is 23.3 Å². The Morgan fingerprint density at radius 1 is 1.11 bits per heavy atom. The molecule has 0 radical (unpaired) electrons. The molecule has 0 atom stereocenters. The zero-order valence-corrected chi connectivity index (χ0v) is 15.4. The van der Waals surface area contributed by atoms with Crippen molar-refractivity contribution in [3.63, 3.8) is 0 Å². The normalized spacial score (nSPS) is 10.9. The van der Waals surface area contributed by atoms with Crippen molar-refractivity contribution in [2.45, 2.75) is 4.90 Å². The van der Waals surface area contributed by atoms with Crippen LogP contribution in [0.2, 0.25) is 0 Å². The van der Waals surface area contributed by atoms with Gasteiger partial charge in [0.15, 0.2) is 0 Å². The van der Waals surface area contributed by atoms with E-state index in [1.54, 1.807) is 18.2 Å². The van der Waals surface area contributed by atoms with Crippen LogP contribution >= 0.6 is 0 Å². The number of anilines is 4. The van der Waals surface area contributed by atoms with Gasteiger partial charge < -0.3 is 15.8 Å². The second kappa shape index (κ2) is 7.84. The van der Waals surface area contributed by atoms with Crippen LogP contribution in [-0.4, -0.2) is 41.4 Å². The van der Waals surface area contributed by atoms with E-state index < -0.39 is 10.0 Å². The monoisotopic (exact) mass is 400 g/mol. The third kappa shape index (κ3) is 4.12. The predicted molar refractivity (Wildman–Crippen MR) is 103 cm³/mol. The zero-order valence-electron chi connectivity index (χ0n) is 14.6. The van der Waals surface area contributed by atoms with Gasteiger partial charge in [0.25, 0.3) is 10.0 Å². The van der Waals surface area contributed by atoms with Crippen LogP contribution in [0.5, 0.6) is 0 Å². The predicted octanol–water partition coefficient (Wildman–Crippen LogP) is 1.36. The Hall–Kier alpha value is -3.80. The number of hydrogen-bond donors (Lipinski definition) is 4. The average Bonchev–Trinajstić information content (AvgIpc) is 2.68. The summed E-state index contributed by atoms with van der Waals surface area (Å²) >= 11 is 0. The number of nitrogen functional groups attached to an aromatic ring is 1. The molecule has 2 heterocycles. The standard InChI is InChI=1S/C16H16N8O3S/c1-27-14(18)12-13(17)21-9-22-15(12)23-10-3-5-11(6-4-10)28(25,26)24-16-19-7-2-8-20-16/h2-9,18H,1H3,(H,19,20,24)(H3,17,21,22,23). The van der Waals surface area contributed by atoms with Crippen molar-refractivity contribution in [2.75, 3.05) is 22.9 Å². The molecule has 1 aromatic carbocycles. The minimum absolute atomic E-state index is 0.0242. The van der Waals surface area contributed by atoms with Crippen LogP contribution in [0.3, 0.4) is 0 Å². The maximum atomic E-state index is 12.4. The highest BCUT2D eigenvalue weighted by Crippen LogP contribution is 2.24. The maximum absolute atomic E-state index is 12.4. The largest absolute Gasteiger partial charge is 0.481 e. The fraction of sp³-hybridized carbons (Fsp3) is 0.0625. The molecule has 3 rings (SSSR count). The first-order valence-corrected chi connectivity index (χ1v) is 9.29. The van der Waals surface area contributed by atoms with E-state index in [1.165, 1.54) is 38.0 Å². The summed E-state index contributed by atoms with van der Waals surface area (Å²) in [6.45, 7) is 0. The van der Waals surface area contributed by atoms with Gasteiger partial charge in [0, 0.05) is 18.1 Å². The second-order valence-electron chi connectivity index (χ2n) is 5.34. The number of ether oxygens (including phenoxy) is 1. The Morgan fingerprint density at radius 3 is 2.43 bits per heavy atom. The fourth-order valence-corrected chi connectivity index (χ4v) is 3.16. The molecule has 0 amide bonds. The van der Waals surface area contributed by atoms with Crippen LogP contribution in [-0.2, 0) is 14.8 Å². The number of hydrogen-bond acceptors (Lipinski definition) is 10. The van der Waals surface area contributed by atoms with Crippen molar-refractivity contribution in [2.24, 2.45) is 0 Å². The highest BCUT2D eigenvalue weighted by Gasteiger charge is 2.17. The lowest BCUT2D eigenvalue weighted by Gasteiger charge is -2.13. The molecule has 5 N–H and O–H groups in total. The van der Waals surface area contributed by atoms with Crippen LogP contribution < -0.4 is 15.8 Å². The van der Waals surface area contributed by atoms with Gasteiger partial charge in [-0.3, -0.25) is 5.41 Å². The summed E-state index contributed by atoms with van der Waals surface area (Å²) in [6, 6.07) is 7.46. The molecule has 0 aliphatic heterocycles. The lowest BCUT2D eigenvalue weighted by Crippen LogP contribution is -2.15. The number of rotatable bonds is 6. The van der Waals surface area contributed by atoms with Crippen molar-refractivity contribution in [1.82, 2.24) is 19.9 Å². The van der Waals surface area contributed by atoms with E-state index in [0.29, 0.717) is 5.69 Å². The summed E-state index contributed by atoms with van der Waals surface area (Å²) in [7, 11) is -2.50. The molecule has 0 aliphatic rings. The number of nitrogens with two attached hydrogens (primary N) is 1. The van der Waals surface area contributed by atoms with Crippen LogP contribution in [0.15, 0.2) is 53.9 Å². The zero-order chi connectivity index (χ0) is 20.1. The molecule has 0 saturated heterocycles. The van der Waals surface area contributed by atoms with Gasteiger partial charge in [0.1, 0.15) is 23.5 Å². The highest BCUT2D eigenvalue weighted by atomic mass is 32.2. The van der Waals surface area contributed by atoms with Gasteiger partial charge >= 0.3 is 0 Å². The van der Waals surface area contributed by atoms with E-state index in [1.807, 2.05) is 0 Å². The topological polar surface area (TPSA) is 169 Å². The lowest BCUT2D eigenvalue weighted by atomic mass is 10.2. The summed E-state index contributed by atoms with van der Waals surface area (Å²) in [5.41, 5.74) is 6.52. The van der Waals surface area contributed by atoms with Crippen LogP contribution in [0.1, 0.15) is 5.56 Å². The van der Waals surface area contributed by atoms with E-state index in [2.05, 4.69) is 30.0 Å². The molecule has 0 unspecified atom stereocenters. The average molecular weight is 400 g/mol. The Labute approximate surface area is 160 Å². The Kier molecular flexibility index (Phi) is 5.31. The molecular formula is C16H16N8O3S. The van der Waals surface area contributed by atoms with Crippen molar-refractivity contribution >= 4 is 39.2 Å². The third-order valence-corrected chi connectivity index (χ3v) is 4.87. The van der Waals surface area contributed by atoms with Crippen molar-refractivity contribution in [3.05, 3.63) is 54.6 Å². The van der Waals surface area contributed by atoms with Crippen LogP contribution in [0.25, 0.3) is 0 Å². The number of nitrogens with one attached hydrogen (secondary N) is 3. The van der Waals surface area contributed by atoms with Gasteiger partial charge in [-0.15, -0.1) is 0 Å². The van der Waals surface area contributed by atoms with Gasteiger partial charge in [-0.25, -0.2) is 33.1 Å². The first kappa shape index (κ1) is 19.0. The van der Waals surface area contributed by atoms with E-state index in [4.69, 9.17) is 15.9 Å². The second-order valence-corrected chi connectivity index (χ2v) is 7.03. The first-order valence-electron chi connectivity index (χ1n) is 7.81. The molecule has 3 aromatic rings. The summed E-state index contributed by atoms with van der Waals surface area (Å²) < 4.78 is 32.0. The molecule has 0 aliphatic carbocycles. The number of benzene rings is 1. The summed E-state index contributed by atoms with van der Waals surface area (Å²) in [5, 5.41) is 10.8. The summed E-state index contributed by atoms with van der Waals surface area (Å²) in [6.07, 6.45) is 4.10.